The van der Waals surface area contributed by atoms with Crippen LogP contribution in [-0.2, 0) is 4.74 Å². The average Bonchev–Trinajstić information content (AvgIpc) is 2.28. The summed E-state index contributed by atoms with van der Waals surface area (Å²) in [7, 11) is 0. The zero-order chi connectivity index (χ0) is 12.9. The molecule has 0 aliphatic carbocycles. The highest BCUT2D eigenvalue weighted by Gasteiger charge is 2.29. The van der Waals surface area contributed by atoms with E-state index >= 15 is 0 Å². The quantitative estimate of drug-likeness (QED) is 0.802. The van der Waals surface area contributed by atoms with E-state index in [0.717, 1.165) is 19.1 Å². The van der Waals surface area contributed by atoms with Gasteiger partial charge in [0.15, 0.2) is 0 Å². The summed E-state index contributed by atoms with van der Waals surface area (Å²) in [6, 6.07) is 0. The Morgan fingerprint density at radius 1 is 1.29 bits per heavy atom. The number of likely N-dealkylation sites (tertiary alicyclic amines) is 1. The van der Waals surface area contributed by atoms with Gasteiger partial charge in [-0.25, -0.2) is 0 Å². The second-order valence-electron chi connectivity index (χ2n) is 6.25. The van der Waals surface area contributed by atoms with E-state index in [9.17, 15) is 0 Å². The number of nitrogens with two attached hydrogens (primary N) is 1. The SMILES string of the molecule is CCOC(CN)CN1CCC(C(C)(C)C)CC1. The van der Waals surface area contributed by atoms with Crippen molar-refractivity contribution in [2.45, 2.75) is 46.6 Å². The van der Waals surface area contributed by atoms with Crippen LogP contribution in [0.25, 0.3) is 0 Å². The second kappa shape index (κ2) is 6.72. The fourth-order valence-electron chi connectivity index (χ4n) is 2.70. The number of nitrogens with zero attached hydrogens (tertiary/aromatic N) is 1. The largest absolute Gasteiger partial charge is 0.376 e. The van der Waals surface area contributed by atoms with Crippen LogP contribution in [0.2, 0.25) is 0 Å². The summed E-state index contributed by atoms with van der Waals surface area (Å²) in [6.07, 6.45) is 2.84. The van der Waals surface area contributed by atoms with E-state index in [0.29, 0.717) is 12.0 Å². The minimum absolute atomic E-state index is 0.214. The van der Waals surface area contributed by atoms with Crippen molar-refractivity contribution < 1.29 is 4.74 Å². The van der Waals surface area contributed by atoms with Gasteiger partial charge in [-0.05, 0) is 44.2 Å². The Morgan fingerprint density at radius 2 is 1.88 bits per heavy atom. The summed E-state index contributed by atoms with van der Waals surface area (Å²) < 4.78 is 5.62. The summed E-state index contributed by atoms with van der Waals surface area (Å²) in [5, 5.41) is 0. The molecule has 1 atom stereocenters. The summed E-state index contributed by atoms with van der Waals surface area (Å²) in [4.78, 5) is 2.51. The highest BCUT2D eigenvalue weighted by atomic mass is 16.5. The molecule has 0 saturated carbocycles. The zero-order valence-corrected chi connectivity index (χ0v) is 12.0. The summed E-state index contributed by atoms with van der Waals surface area (Å²) in [5.41, 5.74) is 6.18. The molecule has 1 aliphatic heterocycles. The van der Waals surface area contributed by atoms with Gasteiger partial charge in [-0.15, -0.1) is 0 Å². The van der Waals surface area contributed by atoms with Crippen molar-refractivity contribution in [1.29, 1.82) is 0 Å². The summed E-state index contributed by atoms with van der Waals surface area (Å²) in [5.74, 6) is 0.863. The van der Waals surface area contributed by atoms with Crippen molar-refractivity contribution in [2.24, 2.45) is 17.1 Å². The summed E-state index contributed by atoms with van der Waals surface area (Å²) >= 11 is 0. The van der Waals surface area contributed by atoms with Gasteiger partial charge in [-0.1, -0.05) is 20.8 Å². The Balaban J connectivity index is 2.31. The lowest BCUT2D eigenvalue weighted by molar-refractivity contribution is 0.0221. The lowest BCUT2D eigenvalue weighted by Gasteiger charge is -2.39. The molecule has 0 aromatic heterocycles. The minimum atomic E-state index is 0.214. The van der Waals surface area contributed by atoms with Crippen LogP contribution in [0.3, 0.4) is 0 Å². The Hall–Kier alpha value is -0.120. The fourth-order valence-corrected chi connectivity index (χ4v) is 2.70. The first-order valence-corrected chi connectivity index (χ1v) is 7.01. The Morgan fingerprint density at radius 3 is 2.29 bits per heavy atom. The molecule has 102 valence electrons. The molecule has 0 aromatic carbocycles. The molecule has 0 spiro atoms. The lowest BCUT2D eigenvalue weighted by atomic mass is 9.75. The zero-order valence-electron chi connectivity index (χ0n) is 12.0. The normalized spacial score (nSPS) is 21.7. The van der Waals surface area contributed by atoms with Gasteiger partial charge in [0.2, 0.25) is 0 Å². The van der Waals surface area contributed by atoms with Gasteiger partial charge in [0.1, 0.15) is 0 Å². The molecule has 1 heterocycles. The van der Waals surface area contributed by atoms with E-state index in [1.54, 1.807) is 0 Å². The molecule has 3 nitrogen and oxygen atoms in total. The van der Waals surface area contributed by atoms with Crippen LogP contribution in [0.1, 0.15) is 40.5 Å². The molecule has 3 heteroatoms. The number of hydrogen-bond acceptors (Lipinski definition) is 3. The third kappa shape index (κ3) is 4.94. The molecule has 17 heavy (non-hydrogen) atoms. The number of piperidine rings is 1. The molecular formula is C14H30N2O. The maximum atomic E-state index is 5.72. The molecule has 0 aromatic rings. The first-order chi connectivity index (χ1) is 7.97. The second-order valence-corrected chi connectivity index (χ2v) is 6.25. The predicted octanol–water partition coefficient (Wildman–Crippen LogP) is 2.11. The highest BCUT2D eigenvalue weighted by Crippen LogP contribution is 2.34. The Kier molecular flexibility index (Phi) is 5.90. The molecule has 1 aliphatic rings. The van der Waals surface area contributed by atoms with Crippen LogP contribution >= 0.6 is 0 Å². The monoisotopic (exact) mass is 242 g/mol. The highest BCUT2D eigenvalue weighted by molar-refractivity contribution is 4.81. The average molecular weight is 242 g/mol. The smallest absolute Gasteiger partial charge is 0.0823 e. The van der Waals surface area contributed by atoms with E-state index in [-0.39, 0.29) is 6.10 Å². The van der Waals surface area contributed by atoms with Crippen LogP contribution in [0.15, 0.2) is 0 Å². The molecule has 0 bridgehead atoms. The standard InChI is InChI=1S/C14H30N2O/c1-5-17-13(10-15)11-16-8-6-12(7-9-16)14(2,3)4/h12-13H,5-11,15H2,1-4H3. The summed E-state index contributed by atoms with van der Waals surface area (Å²) in [6.45, 7) is 13.9. The third-order valence-corrected chi connectivity index (χ3v) is 3.94. The van der Waals surface area contributed by atoms with Crippen molar-refractivity contribution in [1.82, 2.24) is 4.90 Å². The van der Waals surface area contributed by atoms with E-state index in [1.165, 1.54) is 25.9 Å². The topological polar surface area (TPSA) is 38.5 Å². The number of rotatable bonds is 5. The fraction of sp³-hybridized carbons (Fsp3) is 1.00. The number of ether oxygens (including phenoxy) is 1. The third-order valence-electron chi connectivity index (χ3n) is 3.94. The maximum absolute atomic E-state index is 5.72. The molecule has 1 saturated heterocycles. The van der Waals surface area contributed by atoms with Crippen molar-refractivity contribution >= 4 is 0 Å². The molecule has 1 unspecified atom stereocenters. The first kappa shape index (κ1) is 14.9. The van der Waals surface area contributed by atoms with E-state index < -0.39 is 0 Å². The van der Waals surface area contributed by atoms with Crippen LogP contribution in [0.4, 0.5) is 0 Å². The van der Waals surface area contributed by atoms with Crippen molar-refractivity contribution in [3.8, 4) is 0 Å². The molecule has 2 N–H and O–H groups in total. The van der Waals surface area contributed by atoms with E-state index in [2.05, 4.69) is 25.7 Å². The van der Waals surface area contributed by atoms with Gasteiger partial charge in [0.25, 0.3) is 0 Å². The molecule has 0 radical (unpaired) electrons. The molecular weight excluding hydrogens is 212 g/mol. The molecule has 1 rings (SSSR count). The molecule has 1 fully saturated rings. The van der Waals surface area contributed by atoms with E-state index in [4.69, 9.17) is 10.5 Å². The first-order valence-electron chi connectivity index (χ1n) is 7.01. The Labute approximate surface area is 107 Å². The van der Waals surface area contributed by atoms with Gasteiger partial charge in [-0.3, -0.25) is 0 Å². The molecule has 0 amide bonds. The predicted molar refractivity (Wildman–Crippen MR) is 73.1 cm³/mol. The van der Waals surface area contributed by atoms with Crippen molar-refractivity contribution in [3.63, 3.8) is 0 Å². The maximum Gasteiger partial charge on any atom is 0.0823 e. The van der Waals surface area contributed by atoms with Crippen LogP contribution < -0.4 is 5.73 Å². The van der Waals surface area contributed by atoms with Crippen molar-refractivity contribution in [2.75, 3.05) is 32.8 Å². The van der Waals surface area contributed by atoms with Gasteiger partial charge in [0, 0.05) is 19.7 Å². The Bertz CT molecular complexity index is 205. The minimum Gasteiger partial charge on any atom is -0.376 e. The van der Waals surface area contributed by atoms with Crippen LogP contribution in [0.5, 0.6) is 0 Å². The van der Waals surface area contributed by atoms with Crippen LogP contribution in [0, 0.1) is 11.3 Å². The van der Waals surface area contributed by atoms with Crippen LogP contribution in [-0.4, -0.2) is 43.8 Å². The lowest BCUT2D eigenvalue weighted by Crippen LogP contribution is -2.44. The van der Waals surface area contributed by atoms with Gasteiger partial charge >= 0.3 is 0 Å². The van der Waals surface area contributed by atoms with Gasteiger partial charge in [-0.2, -0.15) is 0 Å². The van der Waals surface area contributed by atoms with Gasteiger partial charge < -0.3 is 15.4 Å². The number of hydrogen-bond donors (Lipinski definition) is 1. The van der Waals surface area contributed by atoms with Gasteiger partial charge in [0.05, 0.1) is 6.10 Å². The van der Waals surface area contributed by atoms with E-state index in [1.807, 2.05) is 6.92 Å². The van der Waals surface area contributed by atoms with Crippen molar-refractivity contribution in [3.05, 3.63) is 0 Å².